The Bertz CT molecular complexity index is 824. The van der Waals surface area contributed by atoms with E-state index in [1.54, 1.807) is 0 Å². The molecule has 0 atom stereocenters. The molecule has 0 bridgehead atoms. The Morgan fingerprint density at radius 3 is 2.62 bits per heavy atom. The molecule has 1 heterocycles. The number of imidazole rings is 1. The lowest BCUT2D eigenvalue weighted by Crippen LogP contribution is -2.03. The zero-order valence-corrected chi connectivity index (χ0v) is 14.1. The molecular formula is C16H15BrClN3. The van der Waals surface area contributed by atoms with Gasteiger partial charge in [0.1, 0.15) is 5.82 Å². The van der Waals surface area contributed by atoms with E-state index in [1.165, 1.54) is 0 Å². The summed E-state index contributed by atoms with van der Waals surface area (Å²) in [7, 11) is 0. The molecule has 0 fully saturated rings. The first-order valence-corrected chi connectivity index (χ1v) is 7.87. The minimum atomic E-state index is 0.295. The van der Waals surface area contributed by atoms with Crippen molar-refractivity contribution in [3.05, 3.63) is 45.9 Å². The van der Waals surface area contributed by atoms with Gasteiger partial charge in [-0.25, -0.2) is 4.98 Å². The standard InChI is InChI=1S/C16H15BrClN3/c1-9(2)21-15-6-4-11(17)8-14(15)20-16(21)10-3-5-12(18)13(19)7-10/h3-9H,19H2,1-2H3. The minimum absolute atomic E-state index is 0.295. The van der Waals surface area contributed by atoms with Crippen LogP contribution >= 0.6 is 27.5 Å². The molecule has 2 N–H and O–H groups in total. The molecule has 0 amide bonds. The molecule has 3 rings (SSSR count). The highest BCUT2D eigenvalue weighted by atomic mass is 79.9. The summed E-state index contributed by atoms with van der Waals surface area (Å²) in [6.07, 6.45) is 0. The number of nitrogen functional groups attached to an aromatic ring is 1. The number of halogens is 2. The van der Waals surface area contributed by atoms with Crippen LogP contribution in [0.4, 0.5) is 5.69 Å². The van der Waals surface area contributed by atoms with Crippen LogP contribution in [0.25, 0.3) is 22.4 Å². The summed E-state index contributed by atoms with van der Waals surface area (Å²) in [5.41, 5.74) is 9.53. The number of fused-ring (bicyclic) bond motifs is 1. The smallest absolute Gasteiger partial charge is 0.141 e. The van der Waals surface area contributed by atoms with Crippen molar-refractivity contribution in [3.63, 3.8) is 0 Å². The predicted molar refractivity (Wildman–Crippen MR) is 92.7 cm³/mol. The average molecular weight is 365 g/mol. The molecule has 0 saturated heterocycles. The van der Waals surface area contributed by atoms with Crippen molar-refractivity contribution >= 4 is 44.3 Å². The van der Waals surface area contributed by atoms with Gasteiger partial charge in [0.05, 0.1) is 21.7 Å². The molecule has 0 radical (unpaired) electrons. The second-order valence-electron chi connectivity index (χ2n) is 5.27. The topological polar surface area (TPSA) is 43.8 Å². The maximum Gasteiger partial charge on any atom is 0.141 e. The van der Waals surface area contributed by atoms with Gasteiger partial charge in [-0.2, -0.15) is 0 Å². The molecule has 21 heavy (non-hydrogen) atoms. The molecule has 3 nitrogen and oxygen atoms in total. The molecule has 5 heteroatoms. The zero-order chi connectivity index (χ0) is 15.1. The highest BCUT2D eigenvalue weighted by Gasteiger charge is 2.15. The van der Waals surface area contributed by atoms with Crippen LogP contribution in [0.15, 0.2) is 40.9 Å². The Balaban J connectivity index is 2.30. The molecule has 0 aliphatic carbocycles. The largest absolute Gasteiger partial charge is 0.398 e. The van der Waals surface area contributed by atoms with Crippen LogP contribution in [0.2, 0.25) is 5.02 Å². The van der Waals surface area contributed by atoms with Gasteiger partial charge in [0.2, 0.25) is 0 Å². The predicted octanol–water partition coefficient (Wildman–Crippen LogP) is 5.28. The van der Waals surface area contributed by atoms with Crippen molar-refractivity contribution in [2.45, 2.75) is 19.9 Å². The zero-order valence-electron chi connectivity index (χ0n) is 11.8. The van der Waals surface area contributed by atoms with Crippen LogP contribution in [-0.2, 0) is 0 Å². The lowest BCUT2D eigenvalue weighted by Gasteiger charge is -2.13. The van der Waals surface area contributed by atoms with Gasteiger partial charge >= 0.3 is 0 Å². The third-order valence-corrected chi connectivity index (χ3v) is 4.26. The monoisotopic (exact) mass is 363 g/mol. The Morgan fingerprint density at radius 2 is 1.95 bits per heavy atom. The number of rotatable bonds is 2. The molecular weight excluding hydrogens is 350 g/mol. The van der Waals surface area contributed by atoms with E-state index in [0.717, 1.165) is 26.9 Å². The van der Waals surface area contributed by atoms with E-state index < -0.39 is 0 Å². The molecule has 0 saturated carbocycles. The number of nitrogens with zero attached hydrogens (tertiary/aromatic N) is 2. The number of hydrogen-bond acceptors (Lipinski definition) is 2. The molecule has 1 aromatic heterocycles. The molecule has 0 aliphatic rings. The Labute approximate surface area is 136 Å². The Kier molecular flexibility index (Phi) is 3.68. The lowest BCUT2D eigenvalue weighted by molar-refractivity contribution is 0.624. The summed E-state index contributed by atoms with van der Waals surface area (Å²) in [6, 6.07) is 12.1. The van der Waals surface area contributed by atoms with Crippen LogP contribution in [0.5, 0.6) is 0 Å². The fraction of sp³-hybridized carbons (Fsp3) is 0.188. The maximum atomic E-state index is 6.01. The first kappa shape index (κ1) is 14.4. The van der Waals surface area contributed by atoms with Crippen LogP contribution < -0.4 is 5.73 Å². The van der Waals surface area contributed by atoms with Crippen molar-refractivity contribution in [2.75, 3.05) is 5.73 Å². The van der Waals surface area contributed by atoms with E-state index in [4.69, 9.17) is 22.3 Å². The first-order valence-electron chi connectivity index (χ1n) is 6.70. The molecule has 108 valence electrons. The fourth-order valence-electron chi connectivity index (χ4n) is 2.48. The Morgan fingerprint density at radius 1 is 1.19 bits per heavy atom. The average Bonchev–Trinajstić information content (AvgIpc) is 2.80. The number of benzene rings is 2. The van der Waals surface area contributed by atoms with Crippen LogP contribution in [0.1, 0.15) is 19.9 Å². The Hall–Kier alpha value is -1.52. The van der Waals surface area contributed by atoms with Crippen LogP contribution in [-0.4, -0.2) is 9.55 Å². The van der Waals surface area contributed by atoms with Crippen molar-refractivity contribution in [1.82, 2.24) is 9.55 Å². The highest BCUT2D eigenvalue weighted by molar-refractivity contribution is 9.10. The van der Waals surface area contributed by atoms with E-state index >= 15 is 0 Å². The van der Waals surface area contributed by atoms with Crippen molar-refractivity contribution in [2.24, 2.45) is 0 Å². The third-order valence-electron chi connectivity index (χ3n) is 3.42. The summed E-state index contributed by atoms with van der Waals surface area (Å²) in [4.78, 5) is 4.77. The number of hydrogen-bond donors (Lipinski definition) is 1. The number of nitrogens with two attached hydrogens (primary N) is 1. The normalized spacial score (nSPS) is 11.5. The van der Waals surface area contributed by atoms with E-state index in [2.05, 4.69) is 40.4 Å². The van der Waals surface area contributed by atoms with Crippen LogP contribution in [0, 0.1) is 0 Å². The van der Waals surface area contributed by atoms with Crippen molar-refractivity contribution < 1.29 is 0 Å². The number of anilines is 1. The summed E-state index contributed by atoms with van der Waals surface area (Å²) >= 11 is 9.51. The summed E-state index contributed by atoms with van der Waals surface area (Å²) in [5.74, 6) is 0.904. The van der Waals surface area contributed by atoms with Gasteiger partial charge in [-0.05, 0) is 50.2 Å². The van der Waals surface area contributed by atoms with Gasteiger partial charge in [0.25, 0.3) is 0 Å². The van der Waals surface area contributed by atoms with Gasteiger partial charge in [-0.1, -0.05) is 27.5 Å². The maximum absolute atomic E-state index is 6.01. The summed E-state index contributed by atoms with van der Waals surface area (Å²) in [5, 5.41) is 0.564. The molecule has 2 aromatic carbocycles. The fourth-order valence-corrected chi connectivity index (χ4v) is 2.95. The van der Waals surface area contributed by atoms with Gasteiger partial charge in [0.15, 0.2) is 0 Å². The molecule has 0 aliphatic heterocycles. The van der Waals surface area contributed by atoms with Gasteiger partial charge in [-0.15, -0.1) is 0 Å². The molecule has 3 aromatic rings. The summed E-state index contributed by atoms with van der Waals surface area (Å²) < 4.78 is 3.23. The van der Waals surface area contributed by atoms with Crippen LogP contribution in [0.3, 0.4) is 0 Å². The molecule has 0 unspecified atom stereocenters. The summed E-state index contributed by atoms with van der Waals surface area (Å²) in [6.45, 7) is 4.29. The van der Waals surface area contributed by atoms with E-state index in [-0.39, 0.29) is 0 Å². The highest BCUT2D eigenvalue weighted by Crippen LogP contribution is 2.32. The van der Waals surface area contributed by atoms with E-state index in [9.17, 15) is 0 Å². The second kappa shape index (κ2) is 5.35. The van der Waals surface area contributed by atoms with Gasteiger partial charge in [0, 0.05) is 16.1 Å². The van der Waals surface area contributed by atoms with E-state index in [0.29, 0.717) is 16.8 Å². The second-order valence-corrected chi connectivity index (χ2v) is 6.59. The molecule has 0 spiro atoms. The quantitative estimate of drug-likeness (QED) is 0.628. The van der Waals surface area contributed by atoms with Gasteiger partial charge < -0.3 is 10.3 Å². The SMILES string of the molecule is CC(C)n1c(-c2ccc(Cl)c(N)c2)nc2cc(Br)ccc21. The van der Waals surface area contributed by atoms with Gasteiger partial charge in [-0.3, -0.25) is 0 Å². The lowest BCUT2D eigenvalue weighted by atomic mass is 10.2. The number of aromatic nitrogens is 2. The first-order chi connectivity index (χ1) is 9.97. The van der Waals surface area contributed by atoms with Crippen molar-refractivity contribution in [1.29, 1.82) is 0 Å². The van der Waals surface area contributed by atoms with E-state index in [1.807, 2.05) is 30.3 Å². The third kappa shape index (κ3) is 2.54. The minimum Gasteiger partial charge on any atom is -0.398 e. The van der Waals surface area contributed by atoms with Crippen molar-refractivity contribution in [3.8, 4) is 11.4 Å².